The molecule has 1 aliphatic heterocycles. The summed E-state index contributed by atoms with van der Waals surface area (Å²) in [7, 11) is 1.23. The Kier molecular flexibility index (Phi) is 5.44. The fraction of sp³-hybridized carbons (Fsp3) is 0.190. The van der Waals surface area contributed by atoms with E-state index in [1.807, 2.05) is 12.1 Å². The van der Waals surface area contributed by atoms with Crippen LogP contribution in [-0.2, 0) is 20.9 Å². The lowest BCUT2D eigenvalue weighted by atomic mass is 9.90. The lowest BCUT2D eigenvalue weighted by Gasteiger charge is -2.32. The maximum Gasteiger partial charge on any atom is 0.325 e. The Hall–Kier alpha value is -2.97. The van der Waals surface area contributed by atoms with Crippen molar-refractivity contribution >= 4 is 46.3 Å². The molecule has 2 heterocycles. The molecule has 9 heteroatoms. The van der Waals surface area contributed by atoms with Gasteiger partial charge in [0.1, 0.15) is 18.2 Å². The summed E-state index contributed by atoms with van der Waals surface area (Å²) in [5.41, 5.74) is 1.24. The summed E-state index contributed by atoms with van der Waals surface area (Å²) < 4.78 is 19.4. The first-order valence-electron chi connectivity index (χ1n) is 9.03. The average molecular weight is 447 g/mol. The molecule has 4 rings (SSSR count). The van der Waals surface area contributed by atoms with Gasteiger partial charge < -0.3 is 4.74 Å². The van der Waals surface area contributed by atoms with Crippen LogP contribution in [0.5, 0.6) is 0 Å². The number of methoxy groups -OCH3 is 1. The first-order valence-corrected chi connectivity index (χ1v) is 10.2. The lowest BCUT2D eigenvalue weighted by molar-refractivity contribution is -0.141. The maximum absolute atomic E-state index is 13.4. The van der Waals surface area contributed by atoms with E-state index >= 15 is 0 Å². The van der Waals surface area contributed by atoms with Gasteiger partial charge in [0.15, 0.2) is 0 Å². The summed E-state index contributed by atoms with van der Waals surface area (Å²) in [4.78, 5) is 39.5. The number of rotatable bonds is 4. The second-order valence-electron chi connectivity index (χ2n) is 6.73. The summed E-state index contributed by atoms with van der Waals surface area (Å²) in [6.45, 7) is -0.334. The number of amides is 1. The van der Waals surface area contributed by atoms with E-state index in [1.165, 1.54) is 40.8 Å². The number of aromatic nitrogens is 1. The molecule has 0 bridgehead atoms. The highest BCUT2D eigenvalue weighted by atomic mass is 35.5. The molecule has 3 aromatic rings. The van der Waals surface area contributed by atoms with E-state index < -0.39 is 11.8 Å². The standard InChI is InChI=1S/C21H16ClFN2O4S/c1-29-18(27)11-24-20-19(30-21(24)28)16(12-2-4-13(22)5-3-12)10-17(26)25(20)15-8-6-14(23)7-9-15/h2-9,16H,10-11H2,1H3. The smallest absolute Gasteiger partial charge is 0.325 e. The molecule has 0 fully saturated rings. The second-order valence-corrected chi connectivity index (χ2v) is 8.16. The second kappa shape index (κ2) is 8.04. The monoisotopic (exact) mass is 446 g/mol. The van der Waals surface area contributed by atoms with Crippen LogP contribution in [0.15, 0.2) is 53.3 Å². The molecule has 1 aliphatic rings. The molecule has 0 spiro atoms. The van der Waals surface area contributed by atoms with Crippen molar-refractivity contribution in [1.82, 2.24) is 4.57 Å². The minimum Gasteiger partial charge on any atom is -0.468 e. The minimum absolute atomic E-state index is 0.115. The van der Waals surface area contributed by atoms with Crippen molar-refractivity contribution in [3.63, 3.8) is 0 Å². The van der Waals surface area contributed by atoms with Crippen LogP contribution in [0.1, 0.15) is 22.8 Å². The summed E-state index contributed by atoms with van der Waals surface area (Å²) in [5, 5.41) is 0.561. The number of carbonyl (C=O) groups excluding carboxylic acids is 2. The molecule has 0 saturated carbocycles. The van der Waals surface area contributed by atoms with Crippen LogP contribution in [0.4, 0.5) is 15.9 Å². The largest absolute Gasteiger partial charge is 0.468 e. The molecule has 1 aromatic heterocycles. The third-order valence-corrected chi connectivity index (χ3v) is 6.26. The van der Waals surface area contributed by atoms with E-state index in [2.05, 4.69) is 0 Å². The van der Waals surface area contributed by atoms with Crippen molar-refractivity contribution in [3.8, 4) is 0 Å². The lowest BCUT2D eigenvalue weighted by Crippen LogP contribution is -2.36. The van der Waals surface area contributed by atoms with Crippen LogP contribution in [0.3, 0.4) is 0 Å². The molecule has 0 N–H and O–H groups in total. The maximum atomic E-state index is 13.4. The van der Waals surface area contributed by atoms with E-state index in [4.69, 9.17) is 16.3 Å². The van der Waals surface area contributed by atoms with E-state index in [0.29, 0.717) is 21.4 Å². The van der Waals surface area contributed by atoms with Crippen LogP contribution in [0, 0.1) is 5.82 Å². The molecule has 0 radical (unpaired) electrons. The van der Waals surface area contributed by atoms with E-state index in [-0.39, 0.29) is 29.7 Å². The minimum atomic E-state index is -0.613. The van der Waals surface area contributed by atoms with E-state index in [0.717, 1.165) is 16.9 Å². The van der Waals surface area contributed by atoms with Crippen molar-refractivity contribution in [3.05, 3.63) is 79.5 Å². The number of esters is 1. The van der Waals surface area contributed by atoms with Gasteiger partial charge in [-0.2, -0.15) is 0 Å². The van der Waals surface area contributed by atoms with Gasteiger partial charge in [0, 0.05) is 17.4 Å². The number of ether oxygens (including phenoxy) is 1. The van der Waals surface area contributed by atoms with E-state index in [1.54, 1.807) is 12.1 Å². The number of thiazole rings is 1. The van der Waals surface area contributed by atoms with Gasteiger partial charge in [-0.05, 0) is 42.0 Å². The third kappa shape index (κ3) is 3.64. The van der Waals surface area contributed by atoms with Gasteiger partial charge in [-0.15, -0.1) is 0 Å². The number of nitrogens with zero attached hydrogens (tertiary/aromatic N) is 2. The number of fused-ring (bicyclic) bond motifs is 1. The quantitative estimate of drug-likeness (QED) is 0.566. The fourth-order valence-electron chi connectivity index (χ4n) is 3.50. The van der Waals surface area contributed by atoms with Gasteiger partial charge in [-0.1, -0.05) is 35.1 Å². The molecule has 6 nitrogen and oxygen atoms in total. The van der Waals surface area contributed by atoms with Gasteiger partial charge in [-0.3, -0.25) is 23.9 Å². The predicted molar refractivity (Wildman–Crippen MR) is 112 cm³/mol. The van der Waals surface area contributed by atoms with Crippen LogP contribution < -0.4 is 9.77 Å². The number of halogens is 2. The SMILES string of the molecule is COC(=O)Cn1c2c(sc1=O)C(c1ccc(Cl)cc1)CC(=O)N2c1ccc(F)cc1. The Bertz CT molecular complexity index is 1170. The van der Waals surface area contributed by atoms with Crippen LogP contribution in [-0.4, -0.2) is 23.6 Å². The zero-order valence-corrected chi connectivity index (χ0v) is 17.4. The van der Waals surface area contributed by atoms with Crippen LogP contribution in [0.2, 0.25) is 5.02 Å². The Balaban J connectivity index is 1.91. The molecule has 1 amide bonds. The summed E-state index contributed by atoms with van der Waals surface area (Å²) in [5.74, 6) is -1.39. The summed E-state index contributed by atoms with van der Waals surface area (Å²) in [6, 6.07) is 12.5. The number of carbonyl (C=O) groups is 2. The molecule has 154 valence electrons. The van der Waals surface area contributed by atoms with Crippen molar-refractivity contribution in [2.24, 2.45) is 0 Å². The van der Waals surface area contributed by atoms with Crippen LogP contribution >= 0.6 is 22.9 Å². The fourth-order valence-corrected chi connectivity index (χ4v) is 4.73. The first-order chi connectivity index (χ1) is 14.4. The van der Waals surface area contributed by atoms with Crippen molar-refractivity contribution < 1.29 is 18.7 Å². The zero-order valence-electron chi connectivity index (χ0n) is 15.8. The van der Waals surface area contributed by atoms with Crippen LogP contribution in [0.25, 0.3) is 0 Å². The highest BCUT2D eigenvalue weighted by Crippen LogP contribution is 2.44. The van der Waals surface area contributed by atoms with Gasteiger partial charge >= 0.3 is 10.8 Å². The first kappa shape index (κ1) is 20.3. The average Bonchev–Trinajstić information content (AvgIpc) is 3.05. The van der Waals surface area contributed by atoms with E-state index in [9.17, 15) is 18.8 Å². The van der Waals surface area contributed by atoms with Gasteiger partial charge in [0.2, 0.25) is 5.91 Å². The van der Waals surface area contributed by atoms with Crippen molar-refractivity contribution in [2.45, 2.75) is 18.9 Å². The van der Waals surface area contributed by atoms with Gasteiger partial charge in [0.25, 0.3) is 0 Å². The number of benzene rings is 2. The Morgan fingerprint density at radius 2 is 1.83 bits per heavy atom. The van der Waals surface area contributed by atoms with Gasteiger partial charge in [-0.25, -0.2) is 4.39 Å². The molecule has 1 atom stereocenters. The summed E-state index contributed by atoms with van der Waals surface area (Å²) in [6.07, 6.45) is 0.115. The Morgan fingerprint density at radius 1 is 1.17 bits per heavy atom. The highest BCUT2D eigenvalue weighted by molar-refractivity contribution is 7.10. The van der Waals surface area contributed by atoms with Gasteiger partial charge in [0.05, 0.1) is 17.7 Å². The molecule has 0 saturated heterocycles. The third-order valence-electron chi connectivity index (χ3n) is 4.92. The molecule has 2 aromatic carbocycles. The number of hydrogen-bond donors (Lipinski definition) is 0. The van der Waals surface area contributed by atoms with Crippen molar-refractivity contribution in [1.29, 1.82) is 0 Å². The normalized spacial score (nSPS) is 15.8. The predicted octanol–water partition coefficient (Wildman–Crippen LogP) is 4.08. The topological polar surface area (TPSA) is 68.6 Å². The molecule has 30 heavy (non-hydrogen) atoms. The molecular formula is C21H16ClFN2O4S. The zero-order chi connectivity index (χ0) is 21.4. The van der Waals surface area contributed by atoms with Crippen molar-refractivity contribution in [2.75, 3.05) is 12.0 Å². The molecular weight excluding hydrogens is 431 g/mol. The number of anilines is 2. The number of hydrogen-bond acceptors (Lipinski definition) is 5. The Morgan fingerprint density at radius 3 is 2.47 bits per heavy atom. The highest BCUT2D eigenvalue weighted by Gasteiger charge is 2.38. The molecule has 1 unspecified atom stereocenters. The summed E-state index contributed by atoms with van der Waals surface area (Å²) >= 11 is 6.97. The molecule has 0 aliphatic carbocycles. The Labute approximate surface area is 180 Å².